The van der Waals surface area contributed by atoms with Crippen molar-refractivity contribution in [3.63, 3.8) is 0 Å². The zero-order valence-corrected chi connectivity index (χ0v) is 11.6. The summed E-state index contributed by atoms with van der Waals surface area (Å²) >= 11 is 0. The van der Waals surface area contributed by atoms with E-state index in [4.69, 9.17) is 10.3 Å². The van der Waals surface area contributed by atoms with Crippen LogP contribution in [0.2, 0.25) is 0 Å². The number of halogens is 2. The molecule has 112 valence electrons. The fourth-order valence-electron chi connectivity index (χ4n) is 2.53. The standard InChI is InChI=1S/C15H16F2N2O2/c1-8(9-2-3-9)13-12(14(18)19-21-13)10-4-6-11(7-5-10)20-15(16)17/h4-9,15H,2-3H2,1H3,(H2,18,19). The van der Waals surface area contributed by atoms with Crippen LogP contribution in [0.25, 0.3) is 11.1 Å². The van der Waals surface area contributed by atoms with Gasteiger partial charge in [0.2, 0.25) is 0 Å². The summed E-state index contributed by atoms with van der Waals surface area (Å²) < 4.78 is 34.0. The molecule has 1 aromatic heterocycles. The number of ether oxygens (including phenoxy) is 1. The Hall–Kier alpha value is -2.11. The van der Waals surface area contributed by atoms with E-state index in [1.54, 1.807) is 12.1 Å². The lowest BCUT2D eigenvalue weighted by Crippen LogP contribution is -2.01. The van der Waals surface area contributed by atoms with E-state index in [1.807, 2.05) is 0 Å². The van der Waals surface area contributed by atoms with E-state index in [2.05, 4.69) is 16.8 Å². The van der Waals surface area contributed by atoms with Gasteiger partial charge in [0.1, 0.15) is 11.5 Å². The molecule has 1 fully saturated rings. The van der Waals surface area contributed by atoms with Crippen molar-refractivity contribution in [2.24, 2.45) is 5.92 Å². The average molecular weight is 294 g/mol. The number of benzene rings is 1. The fraction of sp³-hybridized carbons (Fsp3) is 0.400. The number of nitrogen functional groups attached to an aromatic ring is 1. The summed E-state index contributed by atoms with van der Waals surface area (Å²) in [5.41, 5.74) is 7.43. The molecule has 1 atom stereocenters. The number of hydrogen-bond donors (Lipinski definition) is 1. The molecule has 1 aliphatic rings. The molecule has 1 unspecified atom stereocenters. The first-order chi connectivity index (χ1) is 10.1. The van der Waals surface area contributed by atoms with Crippen LogP contribution in [0.4, 0.5) is 14.6 Å². The number of nitrogens with two attached hydrogens (primary N) is 1. The largest absolute Gasteiger partial charge is 0.435 e. The van der Waals surface area contributed by atoms with E-state index in [-0.39, 0.29) is 11.7 Å². The van der Waals surface area contributed by atoms with Crippen molar-refractivity contribution in [1.82, 2.24) is 5.16 Å². The minimum absolute atomic E-state index is 0.112. The molecule has 1 aromatic carbocycles. The molecular formula is C15H16F2N2O2. The second-order valence-electron chi connectivity index (χ2n) is 5.34. The first-order valence-corrected chi connectivity index (χ1v) is 6.86. The molecule has 4 nitrogen and oxygen atoms in total. The molecule has 1 aliphatic carbocycles. The van der Waals surface area contributed by atoms with Crippen molar-refractivity contribution in [3.8, 4) is 16.9 Å². The third-order valence-electron chi connectivity index (χ3n) is 3.86. The number of aromatic nitrogens is 1. The number of nitrogens with zero attached hydrogens (tertiary/aromatic N) is 1. The SMILES string of the molecule is CC(c1onc(N)c1-c1ccc(OC(F)F)cc1)C1CC1. The van der Waals surface area contributed by atoms with Crippen LogP contribution in [-0.4, -0.2) is 11.8 Å². The number of alkyl halides is 2. The molecule has 6 heteroatoms. The molecule has 2 aromatic rings. The minimum Gasteiger partial charge on any atom is -0.435 e. The van der Waals surface area contributed by atoms with E-state index in [1.165, 1.54) is 25.0 Å². The molecule has 0 radical (unpaired) electrons. The van der Waals surface area contributed by atoms with Gasteiger partial charge in [0, 0.05) is 5.92 Å². The fourth-order valence-corrected chi connectivity index (χ4v) is 2.53. The van der Waals surface area contributed by atoms with E-state index in [9.17, 15) is 8.78 Å². The van der Waals surface area contributed by atoms with Crippen molar-refractivity contribution in [2.75, 3.05) is 5.73 Å². The first kappa shape index (κ1) is 13.9. The van der Waals surface area contributed by atoms with Gasteiger partial charge < -0.3 is 15.0 Å². The van der Waals surface area contributed by atoms with E-state index in [0.29, 0.717) is 11.7 Å². The summed E-state index contributed by atoms with van der Waals surface area (Å²) in [6.45, 7) is -0.739. The lowest BCUT2D eigenvalue weighted by Gasteiger charge is -2.10. The maximum atomic E-state index is 12.2. The summed E-state index contributed by atoms with van der Waals surface area (Å²) in [5.74, 6) is 2.05. The van der Waals surface area contributed by atoms with Crippen molar-refractivity contribution >= 4 is 5.82 Å². The lowest BCUT2D eigenvalue weighted by molar-refractivity contribution is -0.0498. The van der Waals surface area contributed by atoms with Crippen LogP contribution < -0.4 is 10.5 Å². The average Bonchev–Trinajstić information content (AvgIpc) is 3.22. The number of rotatable bonds is 5. The van der Waals surface area contributed by atoms with Gasteiger partial charge in [0.25, 0.3) is 0 Å². The molecule has 0 saturated heterocycles. The Kier molecular flexibility index (Phi) is 3.53. The first-order valence-electron chi connectivity index (χ1n) is 6.86. The van der Waals surface area contributed by atoms with Crippen molar-refractivity contribution in [2.45, 2.75) is 32.3 Å². The van der Waals surface area contributed by atoms with Crippen molar-refractivity contribution < 1.29 is 18.0 Å². The zero-order chi connectivity index (χ0) is 15.0. The molecular weight excluding hydrogens is 278 g/mol. The highest BCUT2D eigenvalue weighted by Gasteiger charge is 2.34. The second kappa shape index (κ2) is 5.35. The van der Waals surface area contributed by atoms with E-state index < -0.39 is 6.61 Å². The minimum atomic E-state index is -2.83. The van der Waals surface area contributed by atoms with Crippen molar-refractivity contribution in [3.05, 3.63) is 30.0 Å². The maximum Gasteiger partial charge on any atom is 0.387 e. The van der Waals surface area contributed by atoms with Gasteiger partial charge in [-0.05, 0) is 36.5 Å². The Morgan fingerprint density at radius 3 is 2.52 bits per heavy atom. The highest BCUT2D eigenvalue weighted by Crippen LogP contribution is 2.46. The van der Waals surface area contributed by atoms with Crippen molar-refractivity contribution in [1.29, 1.82) is 0 Å². The Morgan fingerprint density at radius 1 is 1.29 bits per heavy atom. The Balaban J connectivity index is 1.90. The number of hydrogen-bond acceptors (Lipinski definition) is 4. The van der Waals surface area contributed by atoms with Crippen LogP contribution in [0.15, 0.2) is 28.8 Å². The van der Waals surface area contributed by atoms with Gasteiger partial charge >= 0.3 is 6.61 Å². The predicted octanol–water partition coefficient (Wildman–Crippen LogP) is 4.04. The van der Waals surface area contributed by atoms with Gasteiger partial charge in [-0.3, -0.25) is 0 Å². The van der Waals surface area contributed by atoms with Crippen LogP contribution in [-0.2, 0) is 0 Å². The Morgan fingerprint density at radius 2 is 1.95 bits per heavy atom. The third-order valence-corrected chi connectivity index (χ3v) is 3.86. The van der Waals surface area contributed by atoms with Gasteiger partial charge in [-0.2, -0.15) is 8.78 Å². The number of anilines is 1. The van der Waals surface area contributed by atoms with Crippen LogP contribution in [0.3, 0.4) is 0 Å². The van der Waals surface area contributed by atoms with Gasteiger partial charge in [0.05, 0.1) is 5.56 Å². The summed E-state index contributed by atoms with van der Waals surface area (Å²) in [6, 6.07) is 6.34. The molecule has 21 heavy (non-hydrogen) atoms. The van der Waals surface area contributed by atoms with Gasteiger partial charge in [0.15, 0.2) is 5.82 Å². The summed E-state index contributed by atoms with van der Waals surface area (Å²) in [5, 5.41) is 3.85. The Labute approximate surface area is 120 Å². The topological polar surface area (TPSA) is 61.3 Å². The maximum absolute atomic E-state index is 12.2. The summed E-state index contributed by atoms with van der Waals surface area (Å²) in [4.78, 5) is 0. The van der Waals surface area contributed by atoms with Crippen LogP contribution in [0.1, 0.15) is 31.4 Å². The Bertz CT molecular complexity index is 621. The highest BCUT2D eigenvalue weighted by molar-refractivity contribution is 5.76. The van der Waals surface area contributed by atoms with E-state index in [0.717, 1.165) is 16.9 Å². The predicted molar refractivity (Wildman–Crippen MR) is 74.1 cm³/mol. The van der Waals surface area contributed by atoms with Crippen LogP contribution in [0.5, 0.6) is 5.75 Å². The monoisotopic (exact) mass is 294 g/mol. The second-order valence-corrected chi connectivity index (χ2v) is 5.34. The molecule has 1 heterocycles. The summed E-state index contributed by atoms with van der Waals surface area (Å²) in [6.07, 6.45) is 2.37. The quantitative estimate of drug-likeness (QED) is 0.904. The summed E-state index contributed by atoms with van der Waals surface area (Å²) in [7, 11) is 0. The molecule has 3 rings (SSSR count). The molecule has 0 amide bonds. The van der Waals surface area contributed by atoms with Gasteiger partial charge in [-0.15, -0.1) is 0 Å². The van der Waals surface area contributed by atoms with Gasteiger partial charge in [-0.25, -0.2) is 0 Å². The molecule has 1 saturated carbocycles. The van der Waals surface area contributed by atoms with Crippen LogP contribution >= 0.6 is 0 Å². The zero-order valence-electron chi connectivity index (χ0n) is 11.6. The van der Waals surface area contributed by atoms with Gasteiger partial charge in [-0.1, -0.05) is 24.2 Å². The molecule has 0 spiro atoms. The smallest absolute Gasteiger partial charge is 0.387 e. The highest BCUT2D eigenvalue weighted by atomic mass is 19.3. The molecule has 2 N–H and O–H groups in total. The normalized spacial score (nSPS) is 16.2. The van der Waals surface area contributed by atoms with E-state index >= 15 is 0 Å². The lowest BCUT2D eigenvalue weighted by atomic mass is 9.95. The van der Waals surface area contributed by atoms with Crippen LogP contribution in [0, 0.1) is 5.92 Å². The third kappa shape index (κ3) is 2.84. The molecule has 0 bridgehead atoms. The molecule has 0 aliphatic heterocycles.